The van der Waals surface area contributed by atoms with Gasteiger partial charge in [0.1, 0.15) is 5.75 Å². The molecule has 0 bridgehead atoms. The summed E-state index contributed by atoms with van der Waals surface area (Å²) in [7, 11) is -0.629. The maximum absolute atomic E-state index is 13.2. The number of hydrogen-bond acceptors (Lipinski definition) is 4. The molecule has 0 aliphatic carbocycles. The van der Waals surface area contributed by atoms with Crippen LogP contribution in [0, 0.1) is 6.92 Å². The van der Waals surface area contributed by atoms with Crippen LogP contribution in [0.4, 0.5) is 0 Å². The first-order valence-electron chi connectivity index (χ1n) is 10.3. The van der Waals surface area contributed by atoms with Crippen LogP contribution in [0.2, 0.25) is 0 Å². The van der Waals surface area contributed by atoms with Crippen molar-refractivity contribution in [2.45, 2.75) is 43.5 Å². The van der Waals surface area contributed by atoms with Gasteiger partial charge in [-0.2, -0.15) is 4.31 Å². The van der Waals surface area contributed by atoms with E-state index >= 15 is 0 Å². The lowest BCUT2D eigenvalue weighted by Gasteiger charge is -2.32. The fourth-order valence-electron chi connectivity index (χ4n) is 3.84. The van der Waals surface area contributed by atoms with Gasteiger partial charge in [-0.25, -0.2) is 8.42 Å². The lowest BCUT2D eigenvalue weighted by Crippen LogP contribution is -2.42. The second-order valence-corrected chi connectivity index (χ2v) is 9.84. The molecule has 1 atom stereocenters. The lowest BCUT2D eigenvalue weighted by molar-refractivity contribution is -0.133. The Morgan fingerprint density at radius 3 is 2.37 bits per heavy atom. The Kier molecular flexibility index (Phi) is 7.15. The Hall–Kier alpha value is -2.38. The van der Waals surface area contributed by atoms with Crippen molar-refractivity contribution in [2.24, 2.45) is 0 Å². The van der Waals surface area contributed by atoms with E-state index in [1.807, 2.05) is 36.1 Å². The maximum Gasteiger partial charge on any atom is 0.243 e. The number of benzene rings is 2. The molecule has 1 aliphatic rings. The molecule has 162 valence electrons. The van der Waals surface area contributed by atoms with Gasteiger partial charge < -0.3 is 9.64 Å². The summed E-state index contributed by atoms with van der Waals surface area (Å²) in [5.74, 6) is 0.602. The van der Waals surface area contributed by atoms with Gasteiger partial charge in [-0.1, -0.05) is 42.7 Å². The number of rotatable bonds is 6. The highest BCUT2D eigenvalue weighted by Gasteiger charge is 2.30. The molecule has 1 fully saturated rings. The van der Waals surface area contributed by atoms with Crippen LogP contribution in [-0.4, -0.2) is 50.8 Å². The largest absolute Gasteiger partial charge is 0.497 e. The molecule has 30 heavy (non-hydrogen) atoms. The number of carbonyl (C=O) groups excluding carboxylic acids is 1. The molecule has 1 saturated heterocycles. The highest BCUT2D eigenvalue weighted by molar-refractivity contribution is 7.89. The normalized spacial score (nSPS) is 17.6. The van der Waals surface area contributed by atoms with Gasteiger partial charge in [0, 0.05) is 13.6 Å². The number of amides is 1. The van der Waals surface area contributed by atoms with E-state index in [0.717, 1.165) is 46.9 Å². The van der Waals surface area contributed by atoms with E-state index in [2.05, 4.69) is 0 Å². The van der Waals surface area contributed by atoms with Crippen molar-refractivity contribution in [3.8, 4) is 5.75 Å². The molecule has 2 aromatic carbocycles. The summed E-state index contributed by atoms with van der Waals surface area (Å²) < 4.78 is 32.2. The first kappa shape index (κ1) is 22.3. The van der Waals surface area contributed by atoms with Crippen LogP contribution in [0.5, 0.6) is 5.75 Å². The van der Waals surface area contributed by atoms with E-state index in [1.165, 1.54) is 7.05 Å². The average molecular weight is 431 g/mol. The topological polar surface area (TPSA) is 66.9 Å². The van der Waals surface area contributed by atoms with E-state index in [1.54, 1.807) is 31.4 Å². The van der Waals surface area contributed by atoms with Gasteiger partial charge in [-0.05, 0) is 49.6 Å². The second-order valence-electron chi connectivity index (χ2n) is 7.80. The number of ether oxygens (including phenoxy) is 1. The van der Waals surface area contributed by atoms with Crippen molar-refractivity contribution in [1.82, 2.24) is 9.21 Å². The van der Waals surface area contributed by atoms with Crippen molar-refractivity contribution in [3.63, 3.8) is 0 Å². The van der Waals surface area contributed by atoms with Gasteiger partial charge in [0.25, 0.3) is 0 Å². The zero-order valence-electron chi connectivity index (χ0n) is 17.9. The molecule has 1 amide bonds. The van der Waals surface area contributed by atoms with Crippen LogP contribution in [0.3, 0.4) is 0 Å². The molecule has 2 aromatic rings. The Bertz CT molecular complexity index is 956. The molecular weight excluding hydrogens is 400 g/mol. The molecule has 6 nitrogen and oxygen atoms in total. The van der Waals surface area contributed by atoms with E-state index in [4.69, 9.17) is 4.74 Å². The average Bonchev–Trinajstić information content (AvgIpc) is 3.00. The third kappa shape index (κ3) is 5.02. The summed E-state index contributed by atoms with van der Waals surface area (Å²) in [6.45, 7) is 2.36. The van der Waals surface area contributed by atoms with Crippen molar-refractivity contribution < 1.29 is 17.9 Å². The summed E-state index contributed by atoms with van der Waals surface area (Å²) in [6, 6.07) is 14.4. The van der Waals surface area contributed by atoms with Crippen LogP contribution >= 0.6 is 0 Å². The minimum atomic E-state index is -3.72. The lowest BCUT2D eigenvalue weighted by atomic mass is 10.0. The molecule has 0 radical (unpaired) electrons. The molecule has 0 N–H and O–H groups in total. The van der Waals surface area contributed by atoms with E-state index in [-0.39, 0.29) is 23.4 Å². The number of hydrogen-bond donors (Lipinski definition) is 0. The number of carbonyl (C=O) groups is 1. The smallest absolute Gasteiger partial charge is 0.243 e. The predicted octanol–water partition coefficient (Wildman–Crippen LogP) is 3.77. The third-order valence-electron chi connectivity index (χ3n) is 5.66. The number of likely N-dealkylation sites (tertiary alicyclic amines) is 1. The number of likely N-dealkylation sites (N-methyl/N-ethyl adjacent to an activating group) is 1. The van der Waals surface area contributed by atoms with Gasteiger partial charge in [0.2, 0.25) is 15.9 Å². The summed E-state index contributed by atoms with van der Waals surface area (Å²) in [4.78, 5) is 15.2. The first-order valence-corrected chi connectivity index (χ1v) is 11.7. The standard InChI is InChI=1S/C23H30N2O4S/c1-18-8-14-21(15-9-18)30(27,28)24(2)17-23(26)25-16-6-4-5-7-22(25)19-10-12-20(29-3)13-11-19/h8-15,22H,4-7,16-17H2,1-3H3. The third-order valence-corrected chi connectivity index (χ3v) is 7.48. The highest BCUT2D eigenvalue weighted by Crippen LogP contribution is 2.31. The van der Waals surface area contributed by atoms with E-state index in [0.29, 0.717) is 6.54 Å². The number of methoxy groups -OCH3 is 1. The predicted molar refractivity (Wildman–Crippen MR) is 117 cm³/mol. The number of aryl methyl sites for hydroxylation is 1. The fourth-order valence-corrected chi connectivity index (χ4v) is 4.96. The van der Waals surface area contributed by atoms with Crippen LogP contribution in [0.1, 0.15) is 42.9 Å². The van der Waals surface area contributed by atoms with Crippen molar-refractivity contribution in [3.05, 3.63) is 59.7 Å². The monoisotopic (exact) mass is 430 g/mol. The molecule has 0 saturated carbocycles. The van der Waals surface area contributed by atoms with Gasteiger partial charge in [-0.15, -0.1) is 0 Å². The van der Waals surface area contributed by atoms with Crippen molar-refractivity contribution >= 4 is 15.9 Å². The van der Waals surface area contributed by atoms with Gasteiger partial charge in [-0.3, -0.25) is 4.79 Å². The van der Waals surface area contributed by atoms with Gasteiger partial charge >= 0.3 is 0 Å². The summed E-state index contributed by atoms with van der Waals surface area (Å²) in [5.41, 5.74) is 2.04. The molecular formula is C23H30N2O4S. The Morgan fingerprint density at radius 2 is 1.73 bits per heavy atom. The second kappa shape index (κ2) is 9.62. The highest BCUT2D eigenvalue weighted by atomic mass is 32.2. The van der Waals surface area contributed by atoms with Gasteiger partial charge in [0.15, 0.2) is 0 Å². The van der Waals surface area contributed by atoms with Crippen LogP contribution in [0.15, 0.2) is 53.4 Å². The molecule has 1 heterocycles. The zero-order valence-corrected chi connectivity index (χ0v) is 18.7. The molecule has 3 rings (SSSR count). The molecule has 1 unspecified atom stereocenters. The summed E-state index contributed by atoms with van der Waals surface area (Å²) in [5, 5.41) is 0. The Labute approximate surface area is 179 Å². The minimum absolute atomic E-state index is 0.0543. The Balaban J connectivity index is 1.78. The zero-order chi connectivity index (χ0) is 21.7. The maximum atomic E-state index is 13.2. The van der Waals surface area contributed by atoms with Crippen LogP contribution in [0.25, 0.3) is 0 Å². The molecule has 7 heteroatoms. The molecule has 1 aliphatic heterocycles. The fraction of sp³-hybridized carbons (Fsp3) is 0.435. The van der Waals surface area contributed by atoms with Crippen molar-refractivity contribution in [1.29, 1.82) is 0 Å². The van der Waals surface area contributed by atoms with Gasteiger partial charge in [0.05, 0.1) is 24.6 Å². The van der Waals surface area contributed by atoms with E-state index < -0.39 is 10.0 Å². The quantitative estimate of drug-likeness (QED) is 0.700. The summed E-state index contributed by atoms with van der Waals surface area (Å²) in [6.07, 6.45) is 3.89. The number of nitrogens with zero attached hydrogens (tertiary/aromatic N) is 2. The van der Waals surface area contributed by atoms with Crippen molar-refractivity contribution in [2.75, 3.05) is 27.2 Å². The molecule has 0 spiro atoms. The van der Waals surface area contributed by atoms with E-state index in [9.17, 15) is 13.2 Å². The SMILES string of the molecule is COc1ccc(C2CCCCCN2C(=O)CN(C)S(=O)(=O)c2ccc(C)cc2)cc1. The Morgan fingerprint density at radius 1 is 1.07 bits per heavy atom. The van der Waals surface area contributed by atoms with Crippen LogP contribution in [-0.2, 0) is 14.8 Å². The number of sulfonamides is 1. The van der Waals surface area contributed by atoms with Crippen LogP contribution < -0.4 is 4.74 Å². The summed E-state index contributed by atoms with van der Waals surface area (Å²) >= 11 is 0. The minimum Gasteiger partial charge on any atom is -0.497 e. The molecule has 0 aromatic heterocycles. The first-order chi connectivity index (χ1) is 14.3.